The number of ether oxygens (including phenoxy) is 2. The molecule has 0 radical (unpaired) electrons. The second-order valence-electron chi connectivity index (χ2n) is 5.13. The summed E-state index contributed by atoms with van der Waals surface area (Å²) in [6.07, 6.45) is 1.20. The number of carbonyl (C=O) groups is 2. The standard InChI is InChI=1S/C16H18ClN3O4/c1-4-23-16(22)11-7-19-20(15(11)18)14(21)8-24-13-6-9(2)12(17)5-10(13)3/h5-7H,4,8,18H2,1-3H3. The number of halogens is 1. The zero-order valence-corrected chi connectivity index (χ0v) is 14.4. The first-order valence-electron chi connectivity index (χ1n) is 7.28. The van der Waals surface area contributed by atoms with Gasteiger partial charge in [-0.15, -0.1) is 0 Å². The second-order valence-corrected chi connectivity index (χ2v) is 5.53. The predicted molar refractivity (Wildman–Crippen MR) is 89.6 cm³/mol. The van der Waals surface area contributed by atoms with E-state index in [1.807, 2.05) is 13.8 Å². The lowest BCUT2D eigenvalue weighted by atomic mass is 10.1. The number of rotatable bonds is 5. The number of hydrogen-bond acceptors (Lipinski definition) is 6. The van der Waals surface area contributed by atoms with E-state index < -0.39 is 11.9 Å². The van der Waals surface area contributed by atoms with E-state index in [0.29, 0.717) is 10.8 Å². The Morgan fingerprint density at radius 2 is 2.00 bits per heavy atom. The van der Waals surface area contributed by atoms with Crippen LogP contribution in [0.3, 0.4) is 0 Å². The van der Waals surface area contributed by atoms with E-state index in [-0.39, 0.29) is 24.6 Å². The highest BCUT2D eigenvalue weighted by Gasteiger charge is 2.20. The number of nitrogens with zero attached hydrogens (tertiary/aromatic N) is 2. The average molecular weight is 352 g/mol. The van der Waals surface area contributed by atoms with Crippen LogP contribution in [0, 0.1) is 13.8 Å². The van der Waals surface area contributed by atoms with E-state index in [2.05, 4.69) is 5.10 Å². The van der Waals surface area contributed by atoms with E-state index in [0.717, 1.165) is 15.8 Å². The third kappa shape index (κ3) is 3.68. The van der Waals surface area contributed by atoms with Gasteiger partial charge in [-0.3, -0.25) is 4.79 Å². The van der Waals surface area contributed by atoms with Crippen LogP contribution in [0.4, 0.5) is 5.82 Å². The molecule has 1 aromatic carbocycles. The monoisotopic (exact) mass is 351 g/mol. The molecule has 0 unspecified atom stereocenters. The number of aryl methyl sites for hydroxylation is 2. The van der Waals surface area contributed by atoms with Crippen LogP contribution in [0.5, 0.6) is 5.75 Å². The van der Waals surface area contributed by atoms with Gasteiger partial charge in [-0.05, 0) is 44.0 Å². The summed E-state index contributed by atoms with van der Waals surface area (Å²) in [6, 6.07) is 3.51. The Bertz CT molecular complexity index is 786. The maximum absolute atomic E-state index is 12.2. The number of carbonyl (C=O) groups excluding carboxylic acids is 2. The van der Waals surface area contributed by atoms with Crippen LogP contribution in [0.1, 0.15) is 33.2 Å². The van der Waals surface area contributed by atoms with Gasteiger partial charge in [0.05, 0.1) is 12.8 Å². The van der Waals surface area contributed by atoms with Crippen molar-refractivity contribution >= 4 is 29.3 Å². The van der Waals surface area contributed by atoms with Crippen molar-refractivity contribution in [3.8, 4) is 5.75 Å². The highest BCUT2D eigenvalue weighted by Crippen LogP contribution is 2.26. The Labute approximate surface area is 144 Å². The van der Waals surface area contributed by atoms with E-state index in [9.17, 15) is 9.59 Å². The molecule has 0 spiro atoms. The minimum absolute atomic E-state index is 0.0451. The minimum Gasteiger partial charge on any atom is -0.483 e. The molecule has 1 aromatic heterocycles. The molecule has 2 aromatic rings. The molecule has 0 aliphatic carbocycles. The number of aromatic nitrogens is 2. The predicted octanol–water partition coefficient (Wildman–Crippen LogP) is 2.63. The van der Waals surface area contributed by atoms with Gasteiger partial charge < -0.3 is 15.2 Å². The molecule has 2 rings (SSSR count). The van der Waals surface area contributed by atoms with Crippen molar-refractivity contribution in [3.05, 3.63) is 40.0 Å². The molecule has 2 N–H and O–H groups in total. The molecule has 0 atom stereocenters. The highest BCUT2D eigenvalue weighted by molar-refractivity contribution is 6.31. The molecule has 24 heavy (non-hydrogen) atoms. The van der Waals surface area contributed by atoms with Gasteiger partial charge in [0.1, 0.15) is 17.1 Å². The topological polar surface area (TPSA) is 96.4 Å². The Kier molecular flexibility index (Phi) is 5.46. The molecule has 0 amide bonds. The fourth-order valence-corrected chi connectivity index (χ4v) is 2.25. The Balaban J connectivity index is 2.11. The maximum atomic E-state index is 12.2. The summed E-state index contributed by atoms with van der Waals surface area (Å²) >= 11 is 6.03. The largest absolute Gasteiger partial charge is 0.483 e. The van der Waals surface area contributed by atoms with Crippen molar-refractivity contribution in [1.29, 1.82) is 0 Å². The van der Waals surface area contributed by atoms with Gasteiger partial charge in [0, 0.05) is 5.02 Å². The van der Waals surface area contributed by atoms with Gasteiger partial charge >= 0.3 is 5.97 Å². The third-order valence-corrected chi connectivity index (χ3v) is 3.75. The van der Waals surface area contributed by atoms with Crippen LogP contribution in [-0.4, -0.2) is 34.9 Å². The maximum Gasteiger partial charge on any atom is 0.343 e. The summed E-state index contributed by atoms with van der Waals surface area (Å²) < 4.78 is 11.3. The van der Waals surface area contributed by atoms with E-state index in [1.54, 1.807) is 19.1 Å². The van der Waals surface area contributed by atoms with Crippen molar-refractivity contribution in [3.63, 3.8) is 0 Å². The van der Waals surface area contributed by atoms with Crippen LogP contribution < -0.4 is 10.5 Å². The fraction of sp³-hybridized carbons (Fsp3) is 0.312. The van der Waals surface area contributed by atoms with Crippen molar-refractivity contribution in [1.82, 2.24) is 9.78 Å². The number of esters is 1. The van der Waals surface area contributed by atoms with Crippen molar-refractivity contribution in [2.45, 2.75) is 20.8 Å². The normalized spacial score (nSPS) is 10.5. The number of hydrogen-bond donors (Lipinski definition) is 1. The first kappa shape index (κ1) is 17.8. The third-order valence-electron chi connectivity index (χ3n) is 3.35. The van der Waals surface area contributed by atoms with Crippen molar-refractivity contribution in [2.75, 3.05) is 18.9 Å². The van der Waals surface area contributed by atoms with E-state index in [4.69, 9.17) is 26.8 Å². The van der Waals surface area contributed by atoms with Gasteiger partial charge in [-0.1, -0.05) is 11.6 Å². The van der Waals surface area contributed by atoms with Crippen LogP contribution >= 0.6 is 11.6 Å². The van der Waals surface area contributed by atoms with Crippen LogP contribution in [0.25, 0.3) is 0 Å². The van der Waals surface area contributed by atoms with Crippen LogP contribution in [0.2, 0.25) is 5.02 Å². The molecule has 0 aliphatic rings. The molecule has 128 valence electrons. The summed E-state index contributed by atoms with van der Waals surface area (Å²) in [5.41, 5.74) is 7.47. The van der Waals surface area contributed by atoms with Crippen LogP contribution in [-0.2, 0) is 4.74 Å². The second kappa shape index (κ2) is 7.35. The quantitative estimate of drug-likeness (QED) is 0.832. The van der Waals surface area contributed by atoms with E-state index >= 15 is 0 Å². The highest BCUT2D eigenvalue weighted by atomic mass is 35.5. The lowest BCUT2D eigenvalue weighted by Gasteiger charge is -2.11. The van der Waals surface area contributed by atoms with Gasteiger partial charge in [0.15, 0.2) is 6.61 Å². The smallest absolute Gasteiger partial charge is 0.343 e. The van der Waals surface area contributed by atoms with Gasteiger partial charge in [0.25, 0.3) is 5.91 Å². The van der Waals surface area contributed by atoms with Crippen LogP contribution in [0.15, 0.2) is 18.3 Å². The molecule has 0 bridgehead atoms. The lowest BCUT2D eigenvalue weighted by molar-refractivity contribution is 0.0527. The van der Waals surface area contributed by atoms with E-state index in [1.165, 1.54) is 6.20 Å². The van der Waals surface area contributed by atoms with Gasteiger partial charge in [0.2, 0.25) is 0 Å². The minimum atomic E-state index is -0.626. The summed E-state index contributed by atoms with van der Waals surface area (Å²) in [6.45, 7) is 5.26. The SMILES string of the molecule is CCOC(=O)c1cnn(C(=O)COc2cc(C)c(Cl)cc2C)c1N. The molecular formula is C16H18ClN3O4. The Morgan fingerprint density at radius 3 is 2.67 bits per heavy atom. The average Bonchev–Trinajstić information content (AvgIpc) is 2.91. The number of anilines is 1. The van der Waals surface area contributed by atoms with Gasteiger partial charge in [-0.2, -0.15) is 9.78 Å². The molecule has 0 saturated heterocycles. The molecule has 1 heterocycles. The molecule has 8 heteroatoms. The van der Waals surface area contributed by atoms with Crippen molar-refractivity contribution in [2.24, 2.45) is 0 Å². The molecule has 0 fully saturated rings. The lowest BCUT2D eigenvalue weighted by Crippen LogP contribution is -2.22. The fourth-order valence-electron chi connectivity index (χ4n) is 2.03. The number of benzene rings is 1. The summed E-state index contributed by atoms with van der Waals surface area (Å²) in [7, 11) is 0. The van der Waals surface area contributed by atoms with Crippen molar-refractivity contribution < 1.29 is 19.1 Å². The Morgan fingerprint density at radius 1 is 1.29 bits per heavy atom. The first-order chi connectivity index (χ1) is 11.3. The number of nitrogen functional groups attached to an aromatic ring is 1. The molecule has 7 nitrogen and oxygen atoms in total. The molecule has 0 aliphatic heterocycles. The summed E-state index contributed by atoms with van der Waals surface area (Å²) in [4.78, 5) is 23.9. The number of nitrogens with two attached hydrogens (primary N) is 1. The van der Waals surface area contributed by atoms with Gasteiger partial charge in [-0.25, -0.2) is 4.79 Å². The first-order valence-corrected chi connectivity index (χ1v) is 7.66. The summed E-state index contributed by atoms with van der Waals surface area (Å²) in [5.74, 6) is -0.665. The zero-order valence-electron chi connectivity index (χ0n) is 13.6. The Hall–Kier alpha value is -2.54. The molecular weight excluding hydrogens is 334 g/mol. The zero-order chi connectivity index (χ0) is 17.9. The summed E-state index contributed by atoms with van der Waals surface area (Å²) in [5, 5.41) is 4.45. The molecule has 0 saturated carbocycles.